The predicted octanol–water partition coefficient (Wildman–Crippen LogP) is 4.33. The number of hydrogen-bond acceptors (Lipinski definition) is 2. The Labute approximate surface area is 114 Å². The molecule has 0 saturated heterocycles. The summed E-state index contributed by atoms with van der Waals surface area (Å²) in [6, 6.07) is 10.2. The number of benzene rings is 2. The third-order valence-corrected chi connectivity index (χ3v) is 2.96. The molecule has 2 aromatic rings. The largest absolute Gasteiger partial charge is 0.508 e. The first kappa shape index (κ1) is 14.2. The second-order valence-corrected chi connectivity index (χ2v) is 4.55. The molecule has 0 atom stereocenters. The second-order valence-electron chi connectivity index (χ2n) is 4.55. The summed E-state index contributed by atoms with van der Waals surface area (Å²) in [6.07, 6.45) is -4.34. The topological polar surface area (TPSA) is 32.3 Å². The highest BCUT2D eigenvalue weighted by molar-refractivity contribution is 5.51. The molecule has 0 unspecified atom stereocenters. The van der Waals surface area contributed by atoms with Crippen molar-refractivity contribution in [3.8, 4) is 5.75 Å². The first-order valence-electron chi connectivity index (χ1n) is 6.06. The van der Waals surface area contributed by atoms with Crippen LogP contribution in [0.3, 0.4) is 0 Å². The minimum absolute atomic E-state index is 0.152. The van der Waals surface area contributed by atoms with Gasteiger partial charge in [-0.2, -0.15) is 13.2 Å². The molecule has 2 aromatic carbocycles. The third-order valence-electron chi connectivity index (χ3n) is 2.96. The lowest BCUT2D eigenvalue weighted by atomic mass is 10.1. The summed E-state index contributed by atoms with van der Waals surface area (Å²) in [4.78, 5) is 0. The van der Waals surface area contributed by atoms with Gasteiger partial charge in [-0.1, -0.05) is 18.2 Å². The van der Waals surface area contributed by atoms with Crippen LogP contribution in [0.2, 0.25) is 0 Å². The van der Waals surface area contributed by atoms with Gasteiger partial charge in [-0.15, -0.1) is 0 Å². The van der Waals surface area contributed by atoms with Gasteiger partial charge in [-0.3, -0.25) is 0 Å². The van der Waals surface area contributed by atoms with Crippen LogP contribution in [0.5, 0.6) is 5.75 Å². The first-order valence-corrected chi connectivity index (χ1v) is 6.06. The van der Waals surface area contributed by atoms with Crippen molar-refractivity contribution < 1.29 is 18.3 Å². The van der Waals surface area contributed by atoms with Crippen LogP contribution in [0.4, 0.5) is 18.9 Å². The van der Waals surface area contributed by atoms with Gasteiger partial charge >= 0.3 is 6.18 Å². The average molecular weight is 281 g/mol. The van der Waals surface area contributed by atoms with Gasteiger partial charge in [0.15, 0.2) is 0 Å². The SMILES string of the molecule is Cc1ccc(NCc2cccc(C(F)(F)F)c2)cc1O. The highest BCUT2D eigenvalue weighted by Gasteiger charge is 2.30. The number of phenols is 1. The Morgan fingerprint density at radius 1 is 1.10 bits per heavy atom. The Hall–Kier alpha value is -2.17. The van der Waals surface area contributed by atoms with Gasteiger partial charge in [0.1, 0.15) is 5.75 Å². The molecule has 20 heavy (non-hydrogen) atoms. The van der Waals surface area contributed by atoms with Gasteiger partial charge in [0.2, 0.25) is 0 Å². The van der Waals surface area contributed by atoms with E-state index >= 15 is 0 Å². The Morgan fingerprint density at radius 2 is 1.85 bits per heavy atom. The maximum absolute atomic E-state index is 12.6. The van der Waals surface area contributed by atoms with Crippen molar-refractivity contribution >= 4 is 5.69 Å². The Morgan fingerprint density at radius 3 is 2.50 bits per heavy atom. The number of hydrogen-bond donors (Lipinski definition) is 2. The van der Waals surface area contributed by atoms with Gasteiger partial charge < -0.3 is 10.4 Å². The maximum atomic E-state index is 12.6. The number of aromatic hydroxyl groups is 1. The molecule has 0 bridgehead atoms. The van der Waals surface area contributed by atoms with Crippen molar-refractivity contribution in [3.05, 3.63) is 59.2 Å². The number of rotatable bonds is 3. The fourth-order valence-corrected chi connectivity index (χ4v) is 1.78. The minimum atomic E-state index is -4.34. The van der Waals surface area contributed by atoms with E-state index in [-0.39, 0.29) is 12.3 Å². The van der Waals surface area contributed by atoms with Crippen LogP contribution in [0.15, 0.2) is 42.5 Å². The molecular weight excluding hydrogens is 267 g/mol. The van der Waals surface area contributed by atoms with Gasteiger partial charge in [0.25, 0.3) is 0 Å². The molecule has 106 valence electrons. The normalized spacial score (nSPS) is 11.4. The summed E-state index contributed by atoms with van der Waals surface area (Å²) in [6.45, 7) is 2.03. The van der Waals surface area contributed by atoms with Crippen LogP contribution >= 0.6 is 0 Å². The molecule has 2 N–H and O–H groups in total. The summed E-state index contributed by atoms with van der Waals surface area (Å²) in [5.74, 6) is 0.152. The zero-order valence-corrected chi connectivity index (χ0v) is 10.8. The van der Waals surface area contributed by atoms with Crippen LogP contribution in [0, 0.1) is 6.92 Å². The van der Waals surface area contributed by atoms with E-state index in [0.717, 1.165) is 17.7 Å². The fraction of sp³-hybridized carbons (Fsp3) is 0.200. The Bertz CT molecular complexity index is 608. The summed E-state index contributed by atoms with van der Waals surface area (Å²) in [5.41, 5.74) is 1.27. The maximum Gasteiger partial charge on any atom is 0.416 e. The van der Waals surface area contributed by atoms with Crippen LogP contribution < -0.4 is 5.32 Å². The Balaban J connectivity index is 2.09. The summed E-state index contributed by atoms with van der Waals surface area (Å²) in [7, 11) is 0. The summed E-state index contributed by atoms with van der Waals surface area (Å²) >= 11 is 0. The molecule has 0 aliphatic carbocycles. The molecule has 0 heterocycles. The molecule has 0 aliphatic rings. The third kappa shape index (κ3) is 3.44. The predicted molar refractivity (Wildman–Crippen MR) is 71.6 cm³/mol. The number of anilines is 1. The van der Waals surface area contributed by atoms with E-state index in [9.17, 15) is 18.3 Å². The lowest BCUT2D eigenvalue weighted by Gasteiger charge is -2.11. The van der Waals surface area contributed by atoms with Crippen molar-refractivity contribution in [3.63, 3.8) is 0 Å². The van der Waals surface area contributed by atoms with E-state index in [1.807, 2.05) is 0 Å². The van der Waals surface area contributed by atoms with Gasteiger partial charge in [-0.05, 0) is 36.2 Å². The van der Waals surface area contributed by atoms with Gasteiger partial charge in [0.05, 0.1) is 5.56 Å². The van der Waals surface area contributed by atoms with Crippen molar-refractivity contribution in [1.82, 2.24) is 0 Å². The molecule has 0 saturated carbocycles. The lowest BCUT2D eigenvalue weighted by molar-refractivity contribution is -0.137. The first-order chi connectivity index (χ1) is 9.36. The zero-order valence-electron chi connectivity index (χ0n) is 10.8. The van der Waals surface area contributed by atoms with Gasteiger partial charge in [0, 0.05) is 18.3 Å². The van der Waals surface area contributed by atoms with Crippen molar-refractivity contribution in [2.45, 2.75) is 19.6 Å². The minimum Gasteiger partial charge on any atom is -0.508 e. The van der Waals surface area contributed by atoms with E-state index in [0.29, 0.717) is 11.3 Å². The molecule has 2 nitrogen and oxygen atoms in total. The molecule has 0 aromatic heterocycles. The number of aryl methyl sites for hydroxylation is 1. The average Bonchev–Trinajstić information content (AvgIpc) is 2.39. The van der Waals surface area contributed by atoms with E-state index in [1.165, 1.54) is 6.07 Å². The van der Waals surface area contributed by atoms with Crippen molar-refractivity contribution in [2.75, 3.05) is 5.32 Å². The highest BCUT2D eigenvalue weighted by atomic mass is 19.4. The van der Waals surface area contributed by atoms with Crippen molar-refractivity contribution in [2.24, 2.45) is 0 Å². The fourth-order valence-electron chi connectivity index (χ4n) is 1.78. The van der Waals surface area contributed by atoms with Crippen LogP contribution in [-0.4, -0.2) is 5.11 Å². The lowest BCUT2D eigenvalue weighted by Crippen LogP contribution is -2.06. The number of halogens is 3. The van der Waals surface area contributed by atoms with E-state index in [4.69, 9.17) is 0 Å². The molecule has 0 spiro atoms. The van der Waals surface area contributed by atoms with Gasteiger partial charge in [-0.25, -0.2) is 0 Å². The van der Waals surface area contributed by atoms with E-state index in [1.54, 1.807) is 31.2 Å². The molecule has 5 heteroatoms. The Kier molecular flexibility index (Phi) is 3.88. The number of nitrogens with one attached hydrogen (secondary N) is 1. The number of phenolic OH excluding ortho intramolecular Hbond substituents is 1. The quantitative estimate of drug-likeness (QED) is 0.877. The summed E-state index contributed by atoms with van der Waals surface area (Å²) in [5, 5.41) is 12.5. The molecule has 0 aliphatic heterocycles. The zero-order chi connectivity index (χ0) is 14.8. The second kappa shape index (κ2) is 5.45. The smallest absolute Gasteiger partial charge is 0.416 e. The molecule has 0 fully saturated rings. The van der Waals surface area contributed by atoms with Crippen LogP contribution in [0.1, 0.15) is 16.7 Å². The molecule has 0 amide bonds. The highest BCUT2D eigenvalue weighted by Crippen LogP contribution is 2.29. The number of alkyl halides is 3. The monoisotopic (exact) mass is 281 g/mol. The molecular formula is C15H14F3NO. The van der Waals surface area contributed by atoms with Crippen LogP contribution in [-0.2, 0) is 12.7 Å². The van der Waals surface area contributed by atoms with Crippen molar-refractivity contribution in [1.29, 1.82) is 0 Å². The van der Waals surface area contributed by atoms with E-state index in [2.05, 4.69) is 5.32 Å². The summed E-state index contributed by atoms with van der Waals surface area (Å²) < 4.78 is 37.7. The van der Waals surface area contributed by atoms with E-state index < -0.39 is 11.7 Å². The standard InChI is InChI=1S/C15H14F3NO/c1-10-5-6-13(8-14(10)20)19-9-11-3-2-4-12(7-11)15(16,17)18/h2-8,19-20H,9H2,1H3. The molecule has 0 radical (unpaired) electrons. The molecule has 2 rings (SSSR count). The van der Waals surface area contributed by atoms with Crippen LogP contribution in [0.25, 0.3) is 0 Å².